The van der Waals surface area contributed by atoms with Crippen molar-refractivity contribution in [2.45, 2.75) is 63.1 Å². The van der Waals surface area contributed by atoms with Crippen LogP contribution in [0.1, 0.15) is 45.1 Å². The van der Waals surface area contributed by atoms with Crippen LogP contribution in [0.2, 0.25) is 0 Å². The normalized spacial score (nSPS) is 19.5. The van der Waals surface area contributed by atoms with Gasteiger partial charge in [-0.05, 0) is 87.4 Å². The van der Waals surface area contributed by atoms with E-state index in [2.05, 4.69) is 4.98 Å². The maximum Gasteiger partial charge on any atom is 0.262 e. The summed E-state index contributed by atoms with van der Waals surface area (Å²) in [6.07, 6.45) is 5.90. The Balaban J connectivity index is 1.99. The van der Waals surface area contributed by atoms with Crippen molar-refractivity contribution >= 4 is 15.9 Å². The first kappa shape index (κ1) is 26.1. The van der Waals surface area contributed by atoms with Gasteiger partial charge in [0.2, 0.25) is 10.0 Å². The smallest absolute Gasteiger partial charge is 0.262 e. The number of carbonyl (C=O) groups is 1. The number of carbonyl (C=O) groups excluding carboxylic acids is 1. The molecular formula is C24H33N3O6S. The fourth-order valence-corrected chi connectivity index (χ4v) is 6.10. The van der Waals surface area contributed by atoms with Gasteiger partial charge in [0, 0.05) is 25.5 Å². The van der Waals surface area contributed by atoms with Crippen molar-refractivity contribution in [2.75, 3.05) is 13.2 Å². The van der Waals surface area contributed by atoms with Crippen LogP contribution in [0.5, 0.6) is 5.75 Å². The molecule has 1 atom stereocenters. The van der Waals surface area contributed by atoms with Crippen LogP contribution in [0, 0.1) is 5.92 Å². The predicted octanol–water partition coefficient (Wildman–Crippen LogP) is 3.14. The Morgan fingerprint density at radius 1 is 1.09 bits per heavy atom. The fraction of sp³-hybridized carbons (Fsp3) is 0.500. The van der Waals surface area contributed by atoms with Crippen LogP contribution in [-0.4, -0.2) is 54.2 Å². The second kappa shape index (κ2) is 12.3. The highest BCUT2D eigenvalue weighted by molar-refractivity contribution is 7.89. The van der Waals surface area contributed by atoms with Crippen molar-refractivity contribution in [3.8, 4) is 5.75 Å². The minimum atomic E-state index is -4.10. The molecule has 1 fully saturated rings. The van der Waals surface area contributed by atoms with Gasteiger partial charge in [0.1, 0.15) is 11.8 Å². The van der Waals surface area contributed by atoms with Gasteiger partial charge in [-0.3, -0.25) is 15.0 Å². The molecule has 0 bridgehead atoms. The lowest BCUT2D eigenvalue weighted by Crippen LogP contribution is -2.53. The molecule has 0 saturated heterocycles. The third kappa shape index (κ3) is 6.32. The molecule has 1 saturated carbocycles. The van der Waals surface area contributed by atoms with Crippen LogP contribution < -0.4 is 10.2 Å². The lowest BCUT2D eigenvalue weighted by Gasteiger charge is -2.38. The third-order valence-electron chi connectivity index (χ3n) is 6.09. The third-order valence-corrected chi connectivity index (χ3v) is 7.93. The van der Waals surface area contributed by atoms with E-state index in [0.29, 0.717) is 37.4 Å². The number of hydrogen-bond acceptors (Lipinski definition) is 7. The molecule has 1 amide bonds. The molecule has 34 heavy (non-hydrogen) atoms. The van der Waals surface area contributed by atoms with Gasteiger partial charge in [0.15, 0.2) is 0 Å². The van der Waals surface area contributed by atoms with E-state index in [1.54, 1.807) is 42.1 Å². The molecule has 1 aromatic carbocycles. The summed E-state index contributed by atoms with van der Waals surface area (Å²) in [5.74, 6) is -0.465. The molecule has 2 aromatic rings. The Morgan fingerprint density at radius 2 is 1.74 bits per heavy atom. The van der Waals surface area contributed by atoms with Gasteiger partial charge in [-0.15, -0.1) is 0 Å². The van der Waals surface area contributed by atoms with Crippen LogP contribution in [0.3, 0.4) is 0 Å². The average Bonchev–Trinajstić information content (AvgIpc) is 2.86. The quantitative estimate of drug-likeness (QED) is 0.366. The van der Waals surface area contributed by atoms with Crippen LogP contribution in [0.4, 0.5) is 0 Å². The number of nitrogens with zero attached hydrogens (tertiary/aromatic N) is 2. The zero-order chi connectivity index (χ0) is 24.6. The Morgan fingerprint density at radius 3 is 2.29 bits per heavy atom. The number of aromatic nitrogens is 1. The van der Waals surface area contributed by atoms with Crippen molar-refractivity contribution in [1.29, 1.82) is 0 Å². The van der Waals surface area contributed by atoms with Crippen LogP contribution in [0.25, 0.3) is 0 Å². The average molecular weight is 492 g/mol. The molecule has 1 aliphatic carbocycles. The minimum Gasteiger partial charge on any atom is -0.494 e. The van der Waals surface area contributed by atoms with Crippen molar-refractivity contribution in [3.05, 3.63) is 54.4 Å². The van der Waals surface area contributed by atoms with E-state index < -0.39 is 22.0 Å². The Labute approximate surface area is 201 Å². The van der Waals surface area contributed by atoms with Gasteiger partial charge in [-0.25, -0.2) is 13.9 Å². The lowest BCUT2D eigenvalue weighted by atomic mass is 9.82. The second-order valence-electron chi connectivity index (χ2n) is 8.22. The zero-order valence-electron chi connectivity index (χ0n) is 19.6. The number of ether oxygens (including phenoxy) is 2. The molecule has 9 nitrogen and oxygen atoms in total. The van der Waals surface area contributed by atoms with E-state index in [1.165, 1.54) is 16.4 Å². The number of hydrogen-bond donors (Lipinski definition) is 2. The minimum absolute atomic E-state index is 0.0401. The summed E-state index contributed by atoms with van der Waals surface area (Å²) >= 11 is 0. The summed E-state index contributed by atoms with van der Waals surface area (Å²) in [5.41, 5.74) is 2.39. The molecule has 0 radical (unpaired) electrons. The highest BCUT2D eigenvalue weighted by Crippen LogP contribution is 2.34. The van der Waals surface area contributed by atoms with Crippen LogP contribution in [0.15, 0.2) is 53.7 Å². The summed E-state index contributed by atoms with van der Waals surface area (Å²) in [6.45, 7) is 4.81. The zero-order valence-corrected chi connectivity index (χ0v) is 20.4. The largest absolute Gasteiger partial charge is 0.494 e. The summed E-state index contributed by atoms with van der Waals surface area (Å²) in [5, 5.41) is 9.55. The van der Waals surface area contributed by atoms with Crippen LogP contribution >= 0.6 is 0 Å². The van der Waals surface area contributed by atoms with E-state index in [9.17, 15) is 18.4 Å². The molecule has 0 spiro atoms. The van der Waals surface area contributed by atoms with E-state index >= 15 is 0 Å². The number of sulfonamides is 1. The molecule has 1 heterocycles. The van der Waals surface area contributed by atoms with Crippen LogP contribution in [-0.2, 0) is 26.1 Å². The maximum atomic E-state index is 13.9. The van der Waals surface area contributed by atoms with Gasteiger partial charge in [0.25, 0.3) is 5.91 Å². The maximum absolute atomic E-state index is 13.9. The number of rotatable bonds is 11. The van der Waals surface area contributed by atoms with Gasteiger partial charge in [0.05, 0.1) is 17.6 Å². The van der Waals surface area contributed by atoms with Crippen molar-refractivity contribution in [3.63, 3.8) is 0 Å². The first-order chi connectivity index (χ1) is 16.4. The number of benzene rings is 1. The lowest BCUT2D eigenvalue weighted by molar-refractivity contribution is -0.136. The first-order valence-corrected chi connectivity index (χ1v) is 13.0. The number of pyridine rings is 1. The molecule has 3 rings (SSSR count). The molecule has 2 N–H and O–H groups in total. The van der Waals surface area contributed by atoms with Crippen molar-refractivity contribution in [1.82, 2.24) is 14.8 Å². The molecule has 0 aliphatic heterocycles. The molecule has 1 aromatic heterocycles. The molecule has 10 heteroatoms. The van der Waals surface area contributed by atoms with Gasteiger partial charge >= 0.3 is 0 Å². The Hall–Kier alpha value is -2.53. The monoisotopic (exact) mass is 491 g/mol. The van der Waals surface area contributed by atoms with Gasteiger partial charge in [-0.2, -0.15) is 4.31 Å². The number of amides is 1. The van der Waals surface area contributed by atoms with Gasteiger partial charge in [-0.1, -0.05) is 0 Å². The van der Waals surface area contributed by atoms with E-state index in [1.807, 2.05) is 13.8 Å². The summed E-state index contributed by atoms with van der Waals surface area (Å²) in [4.78, 5) is 17.0. The number of hydroxylamine groups is 1. The highest BCUT2D eigenvalue weighted by atomic mass is 32.2. The molecule has 1 unspecified atom stereocenters. The molecule has 186 valence electrons. The fourth-order valence-electron chi connectivity index (χ4n) is 4.46. The van der Waals surface area contributed by atoms with E-state index in [4.69, 9.17) is 9.47 Å². The molecular weight excluding hydrogens is 458 g/mol. The van der Waals surface area contributed by atoms with Crippen molar-refractivity contribution < 1.29 is 27.9 Å². The second-order valence-corrected chi connectivity index (χ2v) is 10.1. The molecule has 1 aliphatic rings. The highest BCUT2D eigenvalue weighted by Gasteiger charge is 2.42. The Kier molecular flexibility index (Phi) is 9.40. The van der Waals surface area contributed by atoms with E-state index in [0.717, 1.165) is 12.8 Å². The number of nitrogens with one attached hydrogen (secondary N) is 1. The topological polar surface area (TPSA) is 118 Å². The standard InChI is InChI=1S/C24H33N3O6S/c1-3-32-20-7-5-19(6-8-20)23(24(28)26-29)27(17-18-13-15-25-16-14-18)34(30,31)22-11-9-21(10-12-22)33-4-2/h9-16,19-20,23,29H,3-8,17H2,1-2H3,(H,26,28)/t19-,20-,23?. The predicted molar refractivity (Wildman–Crippen MR) is 126 cm³/mol. The van der Waals surface area contributed by atoms with Gasteiger partial charge < -0.3 is 9.47 Å². The summed E-state index contributed by atoms with van der Waals surface area (Å²) in [6, 6.07) is 8.46. The van der Waals surface area contributed by atoms with E-state index in [-0.39, 0.29) is 23.5 Å². The summed E-state index contributed by atoms with van der Waals surface area (Å²) in [7, 11) is -4.10. The first-order valence-electron chi connectivity index (χ1n) is 11.6. The van der Waals surface area contributed by atoms with Crippen molar-refractivity contribution in [2.24, 2.45) is 5.92 Å². The summed E-state index contributed by atoms with van der Waals surface area (Å²) < 4.78 is 40.1. The SMILES string of the molecule is CCOc1ccc(S(=O)(=O)N(Cc2ccncc2)C(C(=O)NO)[C@H]2CC[C@H](OCC)CC2)cc1. The Bertz CT molecular complexity index is 1010.